The van der Waals surface area contributed by atoms with Gasteiger partial charge in [-0.15, -0.1) is 0 Å². The molecule has 20 heavy (non-hydrogen) atoms. The van der Waals surface area contributed by atoms with Crippen LogP contribution in [0.3, 0.4) is 0 Å². The van der Waals surface area contributed by atoms with Crippen molar-refractivity contribution in [1.82, 2.24) is 14.7 Å². The van der Waals surface area contributed by atoms with Crippen molar-refractivity contribution < 1.29 is 4.79 Å². The molecule has 1 aromatic carbocycles. The maximum atomic E-state index is 12.4. The van der Waals surface area contributed by atoms with Crippen LogP contribution in [0.1, 0.15) is 16.8 Å². The first-order valence-electron chi connectivity index (χ1n) is 6.73. The summed E-state index contributed by atoms with van der Waals surface area (Å²) in [5.41, 5.74) is 1.62. The first kappa shape index (κ1) is 13.4. The third-order valence-electron chi connectivity index (χ3n) is 3.64. The molecule has 1 aliphatic heterocycles. The van der Waals surface area contributed by atoms with Gasteiger partial charge in [0.2, 0.25) is 0 Å². The Kier molecular flexibility index (Phi) is 3.87. The van der Waals surface area contributed by atoms with Gasteiger partial charge in [-0.2, -0.15) is 5.10 Å². The highest BCUT2D eigenvalue weighted by atomic mass is 79.9. The van der Waals surface area contributed by atoms with Gasteiger partial charge >= 0.3 is 0 Å². The van der Waals surface area contributed by atoms with Crippen LogP contribution in [0.4, 0.5) is 0 Å². The summed E-state index contributed by atoms with van der Waals surface area (Å²) < 4.78 is 1.74. The molecular formula is C15H16BrN3O. The van der Waals surface area contributed by atoms with Crippen LogP contribution < -0.4 is 0 Å². The van der Waals surface area contributed by atoms with Crippen LogP contribution in [-0.4, -0.2) is 39.0 Å². The summed E-state index contributed by atoms with van der Waals surface area (Å²) in [7, 11) is 0. The van der Waals surface area contributed by atoms with Crippen molar-refractivity contribution in [3.63, 3.8) is 0 Å². The van der Waals surface area contributed by atoms with E-state index in [1.807, 2.05) is 35.2 Å². The monoisotopic (exact) mass is 333 g/mol. The van der Waals surface area contributed by atoms with Gasteiger partial charge in [-0.25, -0.2) is 4.68 Å². The maximum absolute atomic E-state index is 12.4. The fourth-order valence-electron chi connectivity index (χ4n) is 2.48. The van der Waals surface area contributed by atoms with Gasteiger partial charge in [0.1, 0.15) is 0 Å². The Morgan fingerprint density at radius 3 is 2.85 bits per heavy atom. The number of rotatable bonds is 3. The number of hydrogen-bond acceptors (Lipinski definition) is 2. The molecule has 104 valence electrons. The predicted octanol–water partition coefficient (Wildman–Crippen LogP) is 2.73. The SMILES string of the molecule is O=C(c1cnn(-c2ccccc2)c1)N1CCC(CBr)C1. The number of benzene rings is 1. The van der Waals surface area contributed by atoms with Crippen LogP contribution in [-0.2, 0) is 0 Å². The molecule has 5 heteroatoms. The number of hydrogen-bond donors (Lipinski definition) is 0. The zero-order chi connectivity index (χ0) is 13.9. The van der Waals surface area contributed by atoms with Gasteiger partial charge in [-0.1, -0.05) is 34.1 Å². The molecule has 1 aliphatic rings. The normalized spacial score (nSPS) is 18.4. The van der Waals surface area contributed by atoms with Crippen LogP contribution >= 0.6 is 15.9 Å². The second-order valence-corrected chi connectivity index (χ2v) is 5.72. The van der Waals surface area contributed by atoms with Crippen LogP contribution in [0, 0.1) is 5.92 Å². The molecule has 1 unspecified atom stereocenters. The summed E-state index contributed by atoms with van der Waals surface area (Å²) in [4.78, 5) is 14.3. The van der Waals surface area contributed by atoms with Crippen molar-refractivity contribution in [2.75, 3.05) is 18.4 Å². The minimum atomic E-state index is 0.0793. The van der Waals surface area contributed by atoms with E-state index in [1.165, 1.54) is 0 Å². The van der Waals surface area contributed by atoms with E-state index in [9.17, 15) is 4.79 Å². The number of halogens is 1. The molecule has 1 saturated heterocycles. The standard InChI is InChI=1S/C15H16BrN3O/c16-8-12-6-7-18(10-12)15(20)13-9-17-19(11-13)14-4-2-1-3-5-14/h1-5,9,11-12H,6-8,10H2. The highest BCUT2D eigenvalue weighted by Crippen LogP contribution is 2.20. The van der Waals surface area contributed by atoms with E-state index in [-0.39, 0.29) is 5.91 Å². The molecule has 2 heterocycles. The third-order valence-corrected chi connectivity index (χ3v) is 4.56. The van der Waals surface area contributed by atoms with Crippen molar-refractivity contribution in [2.45, 2.75) is 6.42 Å². The molecule has 1 atom stereocenters. The van der Waals surface area contributed by atoms with Gasteiger partial charge in [0.15, 0.2) is 0 Å². The summed E-state index contributed by atoms with van der Waals surface area (Å²) in [6.45, 7) is 1.67. The van der Waals surface area contributed by atoms with Crippen molar-refractivity contribution in [3.8, 4) is 5.69 Å². The molecule has 2 aromatic rings. The number of nitrogens with zero attached hydrogens (tertiary/aromatic N) is 3. The molecule has 1 fully saturated rings. The number of likely N-dealkylation sites (tertiary alicyclic amines) is 1. The van der Waals surface area contributed by atoms with Crippen molar-refractivity contribution in [2.24, 2.45) is 5.92 Å². The first-order valence-corrected chi connectivity index (χ1v) is 7.85. The Morgan fingerprint density at radius 1 is 1.35 bits per heavy atom. The molecule has 0 saturated carbocycles. The molecule has 0 bridgehead atoms. The summed E-state index contributed by atoms with van der Waals surface area (Å²) in [5.74, 6) is 0.652. The molecule has 1 amide bonds. The smallest absolute Gasteiger partial charge is 0.257 e. The minimum absolute atomic E-state index is 0.0793. The third kappa shape index (κ3) is 2.63. The zero-order valence-electron chi connectivity index (χ0n) is 11.1. The molecule has 1 aromatic heterocycles. The molecular weight excluding hydrogens is 318 g/mol. The van der Waals surface area contributed by atoms with Gasteiger partial charge in [-0.3, -0.25) is 4.79 Å². The highest BCUT2D eigenvalue weighted by Gasteiger charge is 2.26. The van der Waals surface area contributed by atoms with E-state index in [4.69, 9.17) is 0 Å². The molecule has 0 radical (unpaired) electrons. The summed E-state index contributed by atoms with van der Waals surface area (Å²) >= 11 is 3.49. The van der Waals surface area contributed by atoms with Gasteiger partial charge in [-0.05, 0) is 24.5 Å². The fourth-order valence-corrected chi connectivity index (χ4v) is 3.01. The van der Waals surface area contributed by atoms with Crippen LogP contribution in [0.2, 0.25) is 0 Å². The summed E-state index contributed by atoms with van der Waals surface area (Å²) in [6, 6.07) is 9.82. The summed E-state index contributed by atoms with van der Waals surface area (Å²) in [6.07, 6.45) is 4.53. The molecule has 3 rings (SSSR count). The van der Waals surface area contributed by atoms with E-state index in [1.54, 1.807) is 17.1 Å². The van der Waals surface area contributed by atoms with Gasteiger partial charge in [0.05, 0.1) is 17.4 Å². The second kappa shape index (κ2) is 5.79. The average molecular weight is 334 g/mol. The fraction of sp³-hybridized carbons (Fsp3) is 0.333. The summed E-state index contributed by atoms with van der Waals surface area (Å²) in [5, 5.41) is 5.24. The first-order chi connectivity index (χ1) is 9.78. The number of carbonyl (C=O) groups is 1. The van der Waals surface area contributed by atoms with Crippen molar-refractivity contribution >= 4 is 21.8 Å². The van der Waals surface area contributed by atoms with Crippen LogP contribution in [0.5, 0.6) is 0 Å². The molecule has 0 aliphatic carbocycles. The van der Waals surface area contributed by atoms with Crippen LogP contribution in [0.15, 0.2) is 42.7 Å². The molecule has 0 spiro atoms. The van der Waals surface area contributed by atoms with Gasteiger partial charge in [0.25, 0.3) is 5.91 Å². The van der Waals surface area contributed by atoms with Gasteiger partial charge in [0, 0.05) is 24.6 Å². The number of carbonyl (C=O) groups excluding carboxylic acids is 1. The van der Waals surface area contributed by atoms with E-state index in [0.29, 0.717) is 11.5 Å². The zero-order valence-corrected chi connectivity index (χ0v) is 12.7. The van der Waals surface area contributed by atoms with Crippen LogP contribution in [0.25, 0.3) is 5.69 Å². The van der Waals surface area contributed by atoms with E-state index in [2.05, 4.69) is 21.0 Å². The van der Waals surface area contributed by atoms with E-state index < -0.39 is 0 Å². The Balaban J connectivity index is 1.76. The minimum Gasteiger partial charge on any atom is -0.338 e. The topological polar surface area (TPSA) is 38.1 Å². The molecule has 0 N–H and O–H groups in total. The lowest BCUT2D eigenvalue weighted by Gasteiger charge is -2.14. The van der Waals surface area contributed by atoms with E-state index in [0.717, 1.165) is 30.5 Å². The largest absolute Gasteiger partial charge is 0.338 e. The second-order valence-electron chi connectivity index (χ2n) is 5.07. The average Bonchev–Trinajstić information content (AvgIpc) is 3.17. The number of para-hydroxylation sites is 1. The lowest BCUT2D eigenvalue weighted by atomic mass is 10.2. The van der Waals surface area contributed by atoms with Gasteiger partial charge < -0.3 is 4.90 Å². The van der Waals surface area contributed by atoms with Crippen molar-refractivity contribution in [3.05, 3.63) is 48.3 Å². The maximum Gasteiger partial charge on any atom is 0.257 e. The Hall–Kier alpha value is -1.62. The number of alkyl halides is 1. The Morgan fingerprint density at radius 2 is 2.15 bits per heavy atom. The Labute approximate surface area is 126 Å². The predicted molar refractivity (Wildman–Crippen MR) is 81.4 cm³/mol. The quantitative estimate of drug-likeness (QED) is 0.810. The lowest BCUT2D eigenvalue weighted by molar-refractivity contribution is 0.0788. The van der Waals surface area contributed by atoms with Crippen molar-refractivity contribution in [1.29, 1.82) is 0 Å². The van der Waals surface area contributed by atoms with E-state index >= 15 is 0 Å². The number of aromatic nitrogens is 2. The molecule has 4 nitrogen and oxygen atoms in total. The highest BCUT2D eigenvalue weighted by molar-refractivity contribution is 9.09. The lowest BCUT2D eigenvalue weighted by Crippen LogP contribution is -2.28. The Bertz CT molecular complexity index is 596. The number of amides is 1.